The van der Waals surface area contributed by atoms with Crippen molar-refractivity contribution < 1.29 is 27.4 Å². The molecule has 0 amide bonds. The van der Waals surface area contributed by atoms with Gasteiger partial charge in [-0.2, -0.15) is 0 Å². The van der Waals surface area contributed by atoms with Gasteiger partial charge in [-0.15, -0.1) is 0 Å². The number of fused-ring (bicyclic) bond motifs is 1. The molecule has 0 N–H and O–H groups in total. The maximum Gasteiger partial charge on any atom is 0.190 e. The van der Waals surface area contributed by atoms with Crippen LogP contribution in [0.2, 0.25) is 0 Å². The van der Waals surface area contributed by atoms with Crippen LogP contribution in [-0.4, -0.2) is 44.6 Å². The summed E-state index contributed by atoms with van der Waals surface area (Å²) in [5, 5.41) is 0. The highest BCUT2D eigenvalue weighted by Crippen LogP contribution is 2.39. The van der Waals surface area contributed by atoms with E-state index in [1.165, 1.54) is 0 Å². The van der Waals surface area contributed by atoms with Crippen LogP contribution in [-0.2, 0) is 35.4 Å². The van der Waals surface area contributed by atoms with Crippen molar-refractivity contribution in [2.45, 2.75) is 55.7 Å². The van der Waals surface area contributed by atoms with Gasteiger partial charge in [-0.3, -0.25) is 0 Å². The van der Waals surface area contributed by atoms with E-state index in [-0.39, 0.29) is 11.9 Å². The van der Waals surface area contributed by atoms with E-state index in [4.69, 9.17) is 18.9 Å². The molecule has 2 aliphatic rings. The fraction of sp³-hybridized carbons (Fsp3) is 0.391. The minimum atomic E-state index is -3.41. The largest absolute Gasteiger partial charge is 0.368 e. The van der Waals surface area contributed by atoms with Gasteiger partial charge in [0, 0.05) is 0 Å². The Balaban J connectivity index is 1.46. The smallest absolute Gasteiger partial charge is 0.190 e. The average molecular weight is 431 g/mol. The second kappa shape index (κ2) is 8.61. The highest BCUT2D eigenvalue weighted by molar-refractivity contribution is 7.91. The Labute approximate surface area is 177 Å². The quantitative estimate of drug-likeness (QED) is 0.627. The molecule has 0 unspecified atom stereocenters. The van der Waals surface area contributed by atoms with Gasteiger partial charge < -0.3 is 18.9 Å². The summed E-state index contributed by atoms with van der Waals surface area (Å²) < 4.78 is 49.0. The topological polar surface area (TPSA) is 71.1 Å². The van der Waals surface area contributed by atoms with E-state index in [0.29, 0.717) is 11.5 Å². The predicted molar refractivity (Wildman–Crippen MR) is 111 cm³/mol. The normalized spacial score (nSPS) is 28.1. The third kappa shape index (κ3) is 4.82. The minimum absolute atomic E-state index is 0.120. The molecule has 0 bridgehead atoms. The van der Waals surface area contributed by atoms with Gasteiger partial charge in [-0.05, 0) is 31.5 Å². The number of ether oxygens (including phenoxy) is 4. The lowest BCUT2D eigenvalue weighted by Gasteiger charge is -2.24. The Kier molecular flexibility index (Phi) is 6.09. The molecule has 0 spiro atoms. The van der Waals surface area contributed by atoms with Crippen molar-refractivity contribution in [2.24, 2.45) is 0 Å². The van der Waals surface area contributed by atoms with E-state index in [2.05, 4.69) is 0 Å². The summed E-state index contributed by atoms with van der Waals surface area (Å²) in [5.74, 6) is -0.875. The first-order chi connectivity index (χ1) is 14.3. The van der Waals surface area contributed by atoms with E-state index in [1.807, 2.05) is 44.2 Å². The van der Waals surface area contributed by atoms with Crippen LogP contribution in [0.3, 0.4) is 0 Å². The fourth-order valence-corrected chi connectivity index (χ4v) is 4.78. The van der Waals surface area contributed by atoms with Gasteiger partial charge in [0.05, 0.1) is 17.3 Å². The zero-order valence-electron chi connectivity index (χ0n) is 17.0. The SMILES string of the molecule is CC1(C)O[C@@H]2O[C@@H](/C=C/CS(=O)(=O)c3ccccc3)[C@H](OCc3ccccc3)[C@@H]2O1. The van der Waals surface area contributed by atoms with Gasteiger partial charge in [0.1, 0.15) is 18.3 Å². The average Bonchev–Trinajstić information content (AvgIpc) is 3.19. The zero-order valence-corrected chi connectivity index (χ0v) is 17.8. The third-order valence-electron chi connectivity index (χ3n) is 5.06. The summed E-state index contributed by atoms with van der Waals surface area (Å²) in [4.78, 5) is 0.296. The molecule has 7 heteroatoms. The summed E-state index contributed by atoms with van der Waals surface area (Å²) in [7, 11) is -3.41. The minimum Gasteiger partial charge on any atom is -0.368 e. The first-order valence-electron chi connectivity index (χ1n) is 9.95. The highest BCUT2D eigenvalue weighted by atomic mass is 32.2. The lowest BCUT2D eigenvalue weighted by Crippen LogP contribution is -2.36. The molecular formula is C23H26O6S. The highest BCUT2D eigenvalue weighted by Gasteiger charge is 2.54. The zero-order chi connectivity index (χ0) is 21.2. The van der Waals surface area contributed by atoms with Gasteiger partial charge >= 0.3 is 0 Å². The first kappa shape index (κ1) is 21.2. The fourth-order valence-electron chi connectivity index (χ4n) is 3.66. The number of rotatable bonds is 7. The van der Waals surface area contributed by atoms with Crippen LogP contribution < -0.4 is 0 Å². The Morgan fingerprint density at radius 1 is 1.00 bits per heavy atom. The molecule has 0 aliphatic carbocycles. The van der Waals surface area contributed by atoms with Gasteiger partial charge in [-0.25, -0.2) is 8.42 Å². The molecule has 2 saturated heterocycles. The van der Waals surface area contributed by atoms with Gasteiger partial charge in [-0.1, -0.05) is 60.7 Å². The van der Waals surface area contributed by atoms with E-state index in [0.717, 1.165) is 5.56 Å². The van der Waals surface area contributed by atoms with Gasteiger partial charge in [0.15, 0.2) is 21.9 Å². The molecule has 6 nitrogen and oxygen atoms in total. The Morgan fingerprint density at radius 2 is 1.67 bits per heavy atom. The van der Waals surface area contributed by atoms with E-state index in [1.54, 1.807) is 42.5 Å². The summed E-state index contributed by atoms with van der Waals surface area (Å²) in [6.45, 7) is 4.06. The van der Waals surface area contributed by atoms with Crippen LogP contribution in [0.4, 0.5) is 0 Å². The maximum atomic E-state index is 12.5. The molecule has 4 atom stereocenters. The summed E-state index contributed by atoms with van der Waals surface area (Å²) in [6.07, 6.45) is 1.52. The Bertz CT molecular complexity index is 971. The van der Waals surface area contributed by atoms with E-state index >= 15 is 0 Å². The van der Waals surface area contributed by atoms with Crippen molar-refractivity contribution in [3.05, 3.63) is 78.4 Å². The van der Waals surface area contributed by atoms with Gasteiger partial charge in [0.2, 0.25) is 0 Å². The molecule has 2 fully saturated rings. The molecule has 2 heterocycles. The van der Waals surface area contributed by atoms with Crippen LogP contribution in [0.25, 0.3) is 0 Å². The van der Waals surface area contributed by atoms with Crippen molar-refractivity contribution in [1.82, 2.24) is 0 Å². The van der Waals surface area contributed by atoms with Crippen molar-refractivity contribution >= 4 is 9.84 Å². The number of hydrogen-bond acceptors (Lipinski definition) is 6. The van der Waals surface area contributed by atoms with Crippen molar-refractivity contribution in [3.8, 4) is 0 Å². The third-order valence-corrected chi connectivity index (χ3v) is 6.68. The summed E-state index contributed by atoms with van der Waals surface area (Å²) in [6, 6.07) is 18.2. The van der Waals surface area contributed by atoms with E-state index < -0.39 is 34.1 Å². The van der Waals surface area contributed by atoms with Crippen molar-refractivity contribution in [2.75, 3.05) is 5.75 Å². The molecule has 30 heavy (non-hydrogen) atoms. The molecule has 2 aromatic rings. The molecule has 160 valence electrons. The van der Waals surface area contributed by atoms with E-state index in [9.17, 15) is 8.42 Å². The van der Waals surface area contributed by atoms with Crippen LogP contribution in [0.1, 0.15) is 19.4 Å². The number of benzene rings is 2. The lowest BCUT2D eigenvalue weighted by molar-refractivity contribution is -0.213. The molecule has 0 radical (unpaired) electrons. The van der Waals surface area contributed by atoms with Crippen molar-refractivity contribution in [3.63, 3.8) is 0 Å². The number of sulfone groups is 1. The van der Waals surface area contributed by atoms with Crippen molar-refractivity contribution in [1.29, 1.82) is 0 Å². The monoisotopic (exact) mass is 430 g/mol. The maximum absolute atomic E-state index is 12.5. The molecule has 0 aromatic heterocycles. The van der Waals surface area contributed by atoms with Crippen LogP contribution in [0.15, 0.2) is 77.7 Å². The predicted octanol–water partition coefficient (Wildman–Crippen LogP) is 3.48. The second-order valence-electron chi connectivity index (χ2n) is 7.85. The first-order valence-corrected chi connectivity index (χ1v) is 11.6. The molecular weight excluding hydrogens is 404 g/mol. The van der Waals surface area contributed by atoms with Gasteiger partial charge in [0.25, 0.3) is 0 Å². The summed E-state index contributed by atoms with van der Waals surface area (Å²) >= 11 is 0. The Hall–Kier alpha value is -2.03. The lowest BCUT2D eigenvalue weighted by atomic mass is 10.1. The molecule has 0 saturated carbocycles. The molecule has 4 rings (SSSR count). The molecule has 2 aliphatic heterocycles. The Morgan fingerprint density at radius 3 is 2.37 bits per heavy atom. The number of hydrogen-bond donors (Lipinski definition) is 0. The van der Waals surface area contributed by atoms with Crippen LogP contribution in [0, 0.1) is 0 Å². The summed E-state index contributed by atoms with van der Waals surface area (Å²) in [5.41, 5.74) is 1.04. The second-order valence-corrected chi connectivity index (χ2v) is 9.89. The van der Waals surface area contributed by atoms with Crippen LogP contribution in [0.5, 0.6) is 0 Å². The molecule has 2 aromatic carbocycles. The standard InChI is InChI=1S/C23H26O6S/c1-23(2)28-21-20(26-16-17-10-5-3-6-11-17)19(27-22(21)29-23)14-9-15-30(24,25)18-12-7-4-8-13-18/h3-14,19-22H,15-16H2,1-2H3/b14-9+/t19-,20-,21-,22-/m0/s1. The van der Waals surface area contributed by atoms with Crippen LogP contribution >= 0.6 is 0 Å².